The number of rotatable bonds is 7. The first-order valence-corrected chi connectivity index (χ1v) is 16.7. The topological polar surface area (TPSA) is 68.2 Å². The van der Waals surface area contributed by atoms with Gasteiger partial charge in [0, 0.05) is 17.0 Å². The molecular weight excluding hydrogens is 470 g/mol. The van der Waals surface area contributed by atoms with E-state index in [0.29, 0.717) is 6.42 Å². The van der Waals surface area contributed by atoms with E-state index in [4.69, 9.17) is 14.0 Å². The van der Waals surface area contributed by atoms with Crippen molar-refractivity contribution in [3.05, 3.63) is 12.2 Å². The van der Waals surface area contributed by atoms with Gasteiger partial charge in [-0.05, 0) is 99.2 Å². The Labute approximate surface area is 222 Å². The molecular formula is C29H55NO5Si. The van der Waals surface area contributed by atoms with Crippen molar-refractivity contribution in [3.63, 3.8) is 0 Å². The number of hydrogen-bond donors (Lipinski definition) is 1. The molecule has 36 heavy (non-hydrogen) atoms. The number of hydroxylamine groups is 2. The fourth-order valence-corrected chi connectivity index (χ4v) is 6.75. The Morgan fingerprint density at radius 1 is 1.06 bits per heavy atom. The molecule has 0 radical (unpaired) electrons. The molecule has 0 spiro atoms. The summed E-state index contributed by atoms with van der Waals surface area (Å²) in [5, 5.41) is 13.2. The number of aliphatic hydroxyl groups excluding tert-OH is 1. The fraction of sp³-hybridized carbons (Fsp3) is 0.897. The molecule has 2 fully saturated rings. The lowest BCUT2D eigenvalue weighted by Crippen LogP contribution is -2.59. The van der Waals surface area contributed by atoms with Crippen molar-refractivity contribution in [2.24, 2.45) is 11.8 Å². The molecule has 1 heterocycles. The van der Waals surface area contributed by atoms with Crippen LogP contribution in [0.1, 0.15) is 102 Å². The second kappa shape index (κ2) is 10.8. The van der Waals surface area contributed by atoms with E-state index in [2.05, 4.69) is 66.6 Å². The highest BCUT2D eigenvalue weighted by molar-refractivity contribution is 6.74. The van der Waals surface area contributed by atoms with Gasteiger partial charge in [0.15, 0.2) is 8.32 Å². The summed E-state index contributed by atoms with van der Waals surface area (Å²) in [7, 11) is -2.12. The van der Waals surface area contributed by atoms with Crippen LogP contribution in [0.3, 0.4) is 0 Å². The third kappa shape index (κ3) is 7.65. The normalized spacial score (nSPS) is 30.5. The van der Waals surface area contributed by atoms with Gasteiger partial charge in [0.1, 0.15) is 5.60 Å². The van der Waals surface area contributed by atoms with Crippen molar-refractivity contribution in [1.82, 2.24) is 5.06 Å². The molecule has 6 nitrogen and oxygen atoms in total. The van der Waals surface area contributed by atoms with Crippen LogP contribution in [0.4, 0.5) is 0 Å². The number of esters is 1. The lowest BCUT2D eigenvalue weighted by Gasteiger charge is -2.52. The summed E-state index contributed by atoms with van der Waals surface area (Å²) in [5.74, 6) is -1.31. The Morgan fingerprint density at radius 2 is 1.58 bits per heavy atom. The summed E-state index contributed by atoms with van der Waals surface area (Å²) in [4.78, 5) is 19.7. The first-order valence-electron chi connectivity index (χ1n) is 13.8. The van der Waals surface area contributed by atoms with Crippen LogP contribution in [0.25, 0.3) is 0 Å². The van der Waals surface area contributed by atoms with Crippen molar-refractivity contribution in [3.8, 4) is 0 Å². The van der Waals surface area contributed by atoms with E-state index in [0.717, 1.165) is 12.8 Å². The van der Waals surface area contributed by atoms with Crippen molar-refractivity contribution in [2.75, 3.05) is 0 Å². The summed E-state index contributed by atoms with van der Waals surface area (Å²) in [6.45, 7) is 27.6. The molecule has 0 aromatic carbocycles. The SMILES string of the molecule is C[C@@H](C=C[C@H]1[C@H](C(=O)OC(C)(C)C)[C@@H](O)C[C@@H]1O[Si](C)(C)C(C)(C)C)ON1C(C)(C)CCCC1(C)C. The summed E-state index contributed by atoms with van der Waals surface area (Å²) in [6.07, 6.45) is 6.62. The molecule has 1 aliphatic heterocycles. The lowest BCUT2D eigenvalue weighted by atomic mass is 9.82. The smallest absolute Gasteiger partial charge is 0.312 e. The van der Waals surface area contributed by atoms with Gasteiger partial charge in [0.25, 0.3) is 0 Å². The van der Waals surface area contributed by atoms with Crippen LogP contribution in [0.2, 0.25) is 18.1 Å². The maximum atomic E-state index is 13.2. The minimum absolute atomic E-state index is 0.0258. The number of hydrogen-bond acceptors (Lipinski definition) is 6. The van der Waals surface area contributed by atoms with Gasteiger partial charge in [-0.2, -0.15) is 5.06 Å². The molecule has 2 rings (SSSR count). The standard InChI is InChI=1S/C29H55NO5Si/c1-20(34-30-28(8,9)17-14-18-29(30,10)11)15-16-21-23(35-36(12,13)27(5,6)7)19-22(31)24(21)25(32)33-26(2,3)4/h15-16,20-24,31H,14,17-19H2,1-13H3/t20-,21+,22-,23-,24-/m0/s1. The Bertz CT molecular complexity index is 776. The molecule has 0 bridgehead atoms. The van der Waals surface area contributed by atoms with Crippen LogP contribution in [-0.2, 0) is 18.8 Å². The average Bonchev–Trinajstić information content (AvgIpc) is 2.94. The maximum Gasteiger partial charge on any atom is 0.312 e. The molecule has 0 amide bonds. The molecule has 0 unspecified atom stereocenters. The zero-order valence-electron chi connectivity index (χ0n) is 25.4. The van der Waals surface area contributed by atoms with Crippen molar-refractivity contribution in [1.29, 1.82) is 0 Å². The Balaban J connectivity index is 2.31. The maximum absolute atomic E-state index is 13.2. The minimum atomic E-state index is -2.12. The van der Waals surface area contributed by atoms with Crippen LogP contribution in [0.5, 0.6) is 0 Å². The highest BCUT2D eigenvalue weighted by Crippen LogP contribution is 2.44. The molecule has 210 valence electrons. The van der Waals surface area contributed by atoms with E-state index in [1.165, 1.54) is 6.42 Å². The van der Waals surface area contributed by atoms with E-state index in [1.54, 1.807) is 0 Å². The summed E-state index contributed by atoms with van der Waals surface area (Å²) in [5.41, 5.74) is -0.730. The zero-order valence-corrected chi connectivity index (χ0v) is 26.4. The zero-order chi connectivity index (χ0) is 27.9. The highest BCUT2D eigenvalue weighted by Gasteiger charge is 2.51. The van der Waals surface area contributed by atoms with Gasteiger partial charge in [0.2, 0.25) is 0 Å². The third-order valence-electron chi connectivity index (χ3n) is 8.22. The van der Waals surface area contributed by atoms with Gasteiger partial charge in [-0.25, -0.2) is 0 Å². The summed E-state index contributed by atoms with van der Waals surface area (Å²) < 4.78 is 12.5. The molecule has 1 aliphatic carbocycles. The van der Waals surface area contributed by atoms with Crippen LogP contribution in [0, 0.1) is 11.8 Å². The second-order valence-electron chi connectivity index (χ2n) is 14.8. The summed E-state index contributed by atoms with van der Waals surface area (Å²) in [6, 6.07) is 0. The molecule has 7 heteroatoms. The molecule has 0 aromatic heterocycles. The second-order valence-corrected chi connectivity index (χ2v) is 19.6. The molecule has 2 aliphatic rings. The largest absolute Gasteiger partial charge is 0.460 e. The number of nitrogens with zero attached hydrogens (tertiary/aromatic N) is 1. The Kier molecular flexibility index (Phi) is 9.44. The summed E-state index contributed by atoms with van der Waals surface area (Å²) >= 11 is 0. The third-order valence-corrected chi connectivity index (χ3v) is 12.7. The van der Waals surface area contributed by atoms with Crippen LogP contribution >= 0.6 is 0 Å². The van der Waals surface area contributed by atoms with E-state index in [1.807, 2.05) is 39.8 Å². The van der Waals surface area contributed by atoms with E-state index < -0.39 is 25.9 Å². The van der Waals surface area contributed by atoms with E-state index >= 15 is 0 Å². The molecule has 1 saturated carbocycles. The van der Waals surface area contributed by atoms with Crippen molar-refractivity contribution in [2.45, 2.75) is 155 Å². The molecule has 1 N–H and O–H groups in total. The van der Waals surface area contributed by atoms with Gasteiger partial charge in [-0.15, -0.1) is 0 Å². The van der Waals surface area contributed by atoms with Crippen LogP contribution < -0.4 is 0 Å². The predicted molar refractivity (Wildman–Crippen MR) is 149 cm³/mol. The van der Waals surface area contributed by atoms with Crippen LogP contribution in [-0.4, -0.2) is 59.4 Å². The Morgan fingerprint density at radius 3 is 2.06 bits per heavy atom. The van der Waals surface area contributed by atoms with Crippen molar-refractivity contribution < 1.29 is 23.9 Å². The van der Waals surface area contributed by atoms with Gasteiger partial charge in [-0.1, -0.05) is 32.9 Å². The number of aliphatic hydroxyl groups is 1. The number of carbonyl (C=O) groups is 1. The van der Waals surface area contributed by atoms with E-state index in [9.17, 15) is 9.90 Å². The molecule has 5 atom stereocenters. The quantitative estimate of drug-likeness (QED) is 0.228. The van der Waals surface area contributed by atoms with Crippen molar-refractivity contribution >= 4 is 14.3 Å². The minimum Gasteiger partial charge on any atom is -0.460 e. The van der Waals surface area contributed by atoms with Gasteiger partial charge >= 0.3 is 5.97 Å². The number of carbonyl (C=O) groups excluding carboxylic acids is 1. The van der Waals surface area contributed by atoms with Gasteiger partial charge < -0.3 is 14.3 Å². The van der Waals surface area contributed by atoms with Gasteiger partial charge in [0.05, 0.1) is 24.2 Å². The number of ether oxygens (including phenoxy) is 1. The number of piperidine rings is 1. The fourth-order valence-electron chi connectivity index (χ4n) is 5.39. The molecule has 1 saturated heterocycles. The highest BCUT2D eigenvalue weighted by atomic mass is 28.4. The first-order chi connectivity index (χ1) is 16.1. The first kappa shape index (κ1) is 31.5. The van der Waals surface area contributed by atoms with Gasteiger partial charge in [-0.3, -0.25) is 9.63 Å². The predicted octanol–water partition coefficient (Wildman–Crippen LogP) is 6.63. The average molecular weight is 526 g/mol. The molecule has 0 aromatic rings. The Hall–Kier alpha value is -0.733. The van der Waals surface area contributed by atoms with E-state index in [-0.39, 0.29) is 40.2 Å². The monoisotopic (exact) mass is 525 g/mol. The lowest BCUT2D eigenvalue weighted by molar-refractivity contribution is -0.293. The van der Waals surface area contributed by atoms with Crippen LogP contribution in [0.15, 0.2) is 12.2 Å².